The second kappa shape index (κ2) is 6.49. The second-order valence-corrected chi connectivity index (χ2v) is 7.00. The van der Waals surface area contributed by atoms with Gasteiger partial charge in [0, 0.05) is 25.3 Å². The number of amides is 1. The number of anilines is 2. The lowest BCUT2D eigenvalue weighted by molar-refractivity contribution is 0.0962. The molecule has 124 valence electrons. The summed E-state index contributed by atoms with van der Waals surface area (Å²) in [6, 6.07) is 11.7. The fraction of sp³-hybridized carbons (Fsp3) is 0.222. The average molecular weight is 340 g/mol. The number of rotatable bonds is 4. The first-order valence-electron chi connectivity index (χ1n) is 7.65. The van der Waals surface area contributed by atoms with Gasteiger partial charge in [0.2, 0.25) is 5.13 Å². The number of nitrogens with zero attached hydrogens (tertiary/aromatic N) is 2. The Morgan fingerprint density at radius 1 is 1.12 bits per heavy atom. The lowest BCUT2D eigenvalue weighted by Crippen LogP contribution is -2.29. The molecule has 5 nitrogen and oxygen atoms in total. The van der Waals surface area contributed by atoms with Gasteiger partial charge in [-0.05, 0) is 55.3 Å². The highest BCUT2D eigenvalue weighted by atomic mass is 32.1. The summed E-state index contributed by atoms with van der Waals surface area (Å²) in [5.41, 5.74) is 10.6. The molecule has 0 aliphatic heterocycles. The van der Waals surface area contributed by atoms with Crippen molar-refractivity contribution in [2.75, 3.05) is 24.4 Å². The average Bonchev–Trinajstić information content (AvgIpc) is 2.96. The molecule has 2 N–H and O–H groups in total. The van der Waals surface area contributed by atoms with E-state index in [4.69, 9.17) is 0 Å². The summed E-state index contributed by atoms with van der Waals surface area (Å²) in [6.45, 7) is 4.11. The summed E-state index contributed by atoms with van der Waals surface area (Å²) in [5.74, 6) is -0.188. The van der Waals surface area contributed by atoms with Gasteiger partial charge in [-0.15, -0.1) is 0 Å². The lowest BCUT2D eigenvalue weighted by Gasteiger charge is -2.12. The van der Waals surface area contributed by atoms with E-state index in [2.05, 4.69) is 34.9 Å². The number of fused-ring (bicyclic) bond motifs is 1. The molecule has 2 aromatic carbocycles. The van der Waals surface area contributed by atoms with Crippen molar-refractivity contribution in [3.63, 3.8) is 0 Å². The zero-order valence-corrected chi connectivity index (χ0v) is 15.0. The van der Waals surface area contributed by atoms with Crippen molar-refractivity contribution in [1.29, 1.82) is 0 Å². The van der Waals surface area contributed by atoms with Crippen molar-refractivity contribution in [1.82, 2.24) is 10.4 Å². The molecule has 0 unspecified atom stereocenters. The number of benzene rings is 2. The summed E-state index contributed by atoms with van der Waals surface area (Å²) in [7, 11) is 3.93. The predicted molar refractivity (Wildman–Crippen MR) is 101 cm³/mol. The van der Waals surface area contributed by atoms with Gasteiger partial charge in [-0.2, -0.15) is 0 Å². The third kappa shape index (κ3) is 3.33. The first-order valence-corrected chi connectivity index (χ1v) is 8.47. The van der Waals surface area contributed by atoms with Gasteiger partial charge >= 0.3 is 0 Å². The molecule has 0 spiro atoms. The highest BCUT2D eigenvalue weighted by Crippen LogP contribution is 2.28. The van der Waals surface area contributed by atoms with E-state index in [0.29, 0.717) is 10.7 Å². The SMILES string of the molecule is Cc1cc(C)c2nc(NNC(=O)c3ccc(N(C)C)cc3)sc2c1. The van der Waals surface area contributed by atoms with E-state index in [-0.39, 0.29) is 5.91 Å². The Balaban J connectivity index is 1.71. The first kappa shape index (κ1) is 16.3. The first-order chi connectivity index (χ1) is 11.4. The second-order valence-electron chi connectivity index (χ2n) is 5.97. The molecule has 0 saturated carbocycles. The molecule has 6 heteroatoms. The zero-order chi connectivity index (χ0) is 17.3. The minimum Gasteiger partial charge on any atom is -0.378 e. The van der Waals surface area contributed by atoms with Crippen LogP contribution in [0.2, 0.25) is 0 Å². The Kier molecular flexibility index (Phi) is 4.40. The molecule has 0 aliphatic carbocycles. The van der Waals surface area contributed by atoms with Crippen LogP contribution < -0.4 is 15.8 Å². The Hall–Kier alpha value is -2.60. The van der Waals surface area contributed by atoms with Crippen LogP contribution >= 0.6 is 11.3 Å². The summed E-state index contributed by atoms with van der Waals surface area (Å²) < 4.78 is 1.11. The standard InChI is InChI=1S/C18H20N4OS/c1-11-9-12(2)16-15(10-11)24-18(19-16)21-20-17(23)13-5-7-14(8-6-13)22(3)4/h5-10H,1-4H3,(H,19,21)(H,20,23). The largest absolute Gasteiger partial charge is 0.378 e. The van der Waals surface area contributed by atoms with Gasteiger partial charge in [-0.25, -0.2) is 4.98 Å². The van der Waals surface area contributed by atoms with Crippen molar-refractivity contribution in [3.05, 3.63) is 53.1 Å². The molecule has 0 bridgehead atoms. The number of nitrogens with one attached hydrogen (secondary N) is 2. The lowest BCUT2D eigenvalue weighted by atomic mass is 10.1. The summed E-state index contributed by atoms with van der Waals surface area (Å²) in [5, 5.41) is 0.678. The van der Waals surface area contributed by atoms with Crippen LogP contribution in [0, 0.1) is 13.8 Å². The van der Waals surface area contributed by atoms with Crippen molar-refractivity contribution < 1.29 is 4.79 Å². The molecule has 24 heavy (non-hydrogen) atoms. The number of carbonyl (C=O) groups is 1. The summed E-state index contributed by atoms with van der Waals surface area (Å²) in [4.78, 5) is 18.8. The number of aromatic nitrogens is 1. The highest BCUT2D eigenvalue weighted by molar-refractivity contribution is 7.22. The van der Waals surface area contributed by atoms with Gasteiger partial charge in [0.05, 0.1) is 10.2 Å². The maximum absolute atomic E-state index is 12.2. The third-order valence-electron chi connectivity index (χ3n) is 3.76. The van der Waals surface area contributed by atoms with E-state index in [1.54, 1.807) is 12.1 Å². The van der Waals surface area contributed by atoms with Gasteiger partial charge in [-0.1, -0.05) is 17.4 Å². The Morgan fingerprint density at radius 2 is 1.83 bits per heavy atom. The van der Waals surface area contributed by atoms with Gasteiger partial charge in [0.15, 0.2) is 0 Å². The third-order valence-corrected chi connectivity index (χ3v) is 4.68. The van der Waals surface area contributed by atoms with Gasteiger partial charge in [0.25, 0.3) is 5.91 Å². The minimum absolute atomic E-state index is 0.188. The minimum atomic E-state index is -0.188. The van der Waals surface area contributed by atoms with Crippen LogP contribution in [0.4, 0.5) is 10.8 Å². The monoisotopic (exact) mass is 340 g/mol. The summed E-state index contributed by atoms with van der Waals surface area (Å²) in [6.07, 6.45) is 0. The van der Waals surface area contributed by atoms with Crippen molar-refractivity contribution >= 4 is 38.3 Å². The van der Waals surface area contributed by atoms with Crippen LogP contribution in [0.3, 0.4) is 0 Å². The number of aryl methyl sites for hydroxylation is 2. The molecule has 0 aliphatic rings. The van der Waals surface area contributed by atoms with E-state index in [9.17, 15) is 4.79 Å². The van der Waals surface area contributed by atoms with Crippen LogP contribution in [-0.2, 0) is 0 Å². The fourth-order valence-electron chi connectivity index (χ4n) is 2.52. The summed E-state index contributed by atoms with van der Waals surface area (Å²) >= 11 is 1.53. The van der Waals surface area contributed by atoms with E-state index in [0.717, 1.165) is 21.5 Å². The quantitative estimate of drug-likeness (QED) is 0.711. The molecule has 0 saturated heterocycles. The van der Waals surface area contributed by atoms with Gasteiger partial charge in [0.1, 0.15) is 0 Å². The highest BCUT2D eigenvalue weighted by Gasteiger charge is 2.09. The van der Waals surface area contributed by atoms with Crippen LogP contribution in [0.15, 0.2) is 36.4 Å². The smallest absolute Gasteiger partial charge is 0.269 e. The maximum Gasteiger partial charge on any atom is 0.269 e. The number of carbonyl (C=O) groups excluding carboxylic acids is 1. The van der Waals surface area contributed by atoms with Crippen LogP contribution in [-0.4, -0.2) is 25.0 Å². The number of hydrazine groups is 1. The molecule has 0 radical (unpaired) electrons. The topological polar surface area (TPSA) is 57.3 Å². The van der Waals surface area contributed by atoms with E-state index >= 15 is 0 Å². The van der Waals surface area contributed by atoms with E-state index in [1.807, 2.05) is 38.1 Å². The number of hydrogen-bond acceptors (Lipinski definition) is 5. The molecule has 0 atom stereocenters. The molecule has 1 aromatic heterocycles. The Morgan fingerprint density at radius 3 is 2.50 bits per heavy atom. The molecule has 0 fully saturated rings. The number of thiazole rings is 1. The van der Waals surface area contributed by atoms with Gasteiger partial charge < -0.3 is 4.90 Å². The molecule has 1 heterocycles. The molecular formula is C18H20N4OS. The van der Waals surface area contributed by atoms with Crippen molar-refractivity contribution in [2.45, 2.75) is 13.8 Å². The Bertz CT molecular complexity index is 884. The van der Waals surface area contributed by atoms with E-state index < -0.39 is 0 Å². The zero-order valence-electron chi connectivity index (χ0n) is 14.2. The van der Waals surface area contributed by atoms with Gasteiger partial charge in [-0.3, -0.25) is 15.6 Å². The molecule has 1 amide bonds. The number of hydrogen-bond donors (Lipinski definition) is 2. The molecule has 3 aromatic rings. The normalized spacial score (nSPS) is 10.7. The molecule has 3 rings (SSSR count). The predicted octanol–water partition coefficient (Wildman–Crippen LogP) is 3.74. The van der Waals surface area contributed by atoms with E-state index in [1.165, 1.54) is 16.9 Å². The van der Waals surface area contributed by atoms with Crippen molar-refractivity contribution in [2.24, 2.45) is 0 Å². The van der Waals surface area contributed by atoms with Crippen molar-refractivity contribution in [3.8, 4) is 0 Å². The van der Waals surface area contributed by atoms with Crippen LogP contribution in [0.5, 0.6) is 0 Å². The fourth-order valence-corrected chi connectivity index (χ4v) is 3.51. The van der Waals surface area contributed by atoms with Crippen LogP contribution in [0.1, 0.15) is 21.5 Å². The Labute approximate surface area is 145 Å². The maximum atomic E-state index is 12.2. The van der Waals surface area contributed by atoms with Crippen LogP contribution in [0.25, 0.3) is 10.2 Å². The molecular weight excluding hydrogens is 320 g/mol.